The lowest BCUT2D eigenvalue weighted by Crippen LogP contribution is -2.47. The monoisotopic (exact) mass is 309 g/mol. The smallest absolute Gasteiger partial charge is 0.241 e. The van der Waals surface area contributed by atoms with Crippen LogP contribution in [-0.2, 0) is 4.79 Å². The van der Waals surface area contributed by atoms with Crippen molar-refractivity contribution in [2.75, 3.05) is 4.90 Å². The normalized spacial score (nSPS) is 34.0. The molecule has 1 aromatic carbocycles. The minimum atomic E-state index is -0.0309. The van der Waals surface area contributed by atoms with Crippen LogP contribution in [0, 0.1) is 5.92 Å². The van der Waals surface area contributed by atoms with Crippen LogP contribution in [0.25, 0.3) is 0 Å². The van der Waals surface area contributed by atoms with Crippen LogP contribution in [0.3, 0.4) is 0 Å². The standard InChI is InChI=1S/C16H20ClNOS/c1-11-7-9-16(10-8-11)18(15(19)12(2)20-16)14-5-3-13(17)4-6-14/h3-6,11-12H,7-10H2,1-2H3. The molecule has 0 N–H and O–H groups in total. The van der Waals surface area contributed by atoms with Gasteiger partial charge in [-0.25, -0.2) is 0 Å². The summed E-state index contributed by atoms with van der Waals surface area (Å²) >= 11 is 7.82. The summed E-state index contributed by atoms with van der Waals surface area (Å²) in [5.41, 5.74) is 0.991. The first-order valence-electron chi connectivity index (χ1n) is 7.29. The molecular weight excluding hydrogens is 290 g/mol. The van der Waals surface area contributed by atoms with E-state index in [1.54, 1.807) is 0 Å². The van der Waals surface area contributed by atoms with E-state index in [-0.39, 0.29) is 16.0 Å². The molecule has 1 saturated heterocycles. The van der Waals surface area contributed by atoms with Crippen molar-refractivity contribution in [2.24, 2.45) is 5.92 Å². The second kappa shape index (κ2) is 5.27. The maximum atomic E-state index is 12.6. The molecule has 108 valence electrons. The first kappa shape index (κ1) is 14.3. The first-order valence-corrected chi connectivity index (χ1v) is 8.55. The van der Waals surface area contributed by atoms with E-state index in [1.807, 2.05) is 47.9 Å². The van der Waals surface area contributed by atoms with E-state index < -0.39 is 0 Å². The lowest BCUT2D eigenvalue weighted by atomic mass is 9.85. The van der Waals surface area contributed by atoms with Crippen molar-refractivity contribution in [3.8, 4) is 0 Å². The van der Waals surface area contributed by atoms with Gasteiger partial charge in [0.1, 0.15) is 0 Å². The number of amides is 1. The van der Waals surface area contributed by atoms with Crippen LogP contribution in [0.4, 0.5) is 5.69 Å². The lowest BCUT2D eigenvalue weighted by molar-refractivity contribution is -0.118. The summed E-state index contributed by atoms with van der Waals surface area (Å²) < 4.78 is 0. The van der Waals surface area contributed by atoms with Crippen molar-refractivity contribution < 1.29 is 4.79 Å². The molecule has 1 atom stereocenters. The highest BCUT2D eigenvalue weighted by Gasteiger charge is 2.51. The third-order valence-electron chi connectivity index (χ3n) is 4.51. The van der Waals surface area contributed by atoms with Gasteiger partial charge in [-0.15, -0.1) is 11.8 Å². The molecule has 0 aromatic heterocycles. The number of rotatable bonds is 1. The maximum Gasteiger partial charge on any atom is 0.241 e. The molecule has 0 bridgehead atoms. The van der Waals surface area contributed by atoms with Crippen molar-refractivity contribution in [3.05, 3.63) is 29.3 Å². The number of halogens is 1. The lowest BCUT2D eigenvalue weighted by Gasteiger charge is -2.42. The zero-order valence-electron chi connectivity index (χ0n) is 11.9. The van der Waals surface area contributed by atoms with Crippen molar-refractivity contribution >= 4 is 35.0 Å². The second-order valence-electron chi connectivity index (χ2n) is 6.04. The topological polar surface area (TPSA) is 20.3 Å². The van der Waals surface area contributed by atoms with Gasteiger partial charge in [0.25, 0.3) is 0 Å². The summed E-state index contributed by atoms with van der Waals surface area (Å²) in [5, 5.41) is 0.770. The van der Waals surface area contributed by atoms with Crippen molar-refractivity contribution in [2.45, 2.75) is 49.7 Å². The molecule has 3 rings (SSSR count). The number of benzene rings is 1. The number of thioether (sulfide) groups is 1. The maximum absolute atomic E-state index is 12.6. The molecule has 1 aliphatic heterocycles. The molecule has 20 heavy (non-hydrogen) atoms. The van der Waals surface area contributed by atoms with E-state index in [2.05, 4.69) is 6.92 Å². The fourth-order valence-corrected chi connectivity index (χ4v) is 5.08. The predicted octanol–water partition coefficient (Wildman–Crippen LogP) is 4.71. The van der Waals surface area contributed by atoms with Crippen LogP contribution in [-0.4, -0.2) is 16.0 Å². The number of anilines is 1. The van der Waals surface area contributed by atoms with Gasteiger partial charge in [0, 0.05) is 10.7 Å². The van der Waals surface area contributed by atoms with Gasteiger partial charge in [-0.1, -0.05) is 18.5 Å². The molecule has 1 aliphatic carbocycles. The Hall–Kier alpha value is -0.670. The van der Waals surface area contributed by atoms with Gasteiger partial charge < -0.3 is 0 Å². The summed E-state index contributed by atoms with van der Waals surface area (Å²) in [4.78, 5) is 14.6. The Bertz CT molecular complexity index is 508. The summed E-state index contributed by atoms with van der Waals surface area (Å²) in [5.74, 6) is 1.02. The van der Waals surface area contributed by atoms with Crippen LogP contribution < -0.4 is 4.90 Å². The number of nitrogens with zero attached hydrogens (tertiary/aromatic N) is 1. The van der Waals surface area contributed by atoms with Gasteiger partial charge in [-0.2, -0.15) is 0 Å². The SMILES string of the molecule is CC1CCC2(CC1)SC(C)C(=O)N2c1ccc(Cl)cc1. The summed E-state index contributed by atoms with van der Waals surface area (Å²) in [6.07, 6.45) is 4.60. The molecule has 1 heterocycles. The van der Waals surface area contributed by atoms with Crippen LogP contribution in [0.15, 0.2) is 24.3 Å². The molecular formula is C16H20ClNOS. The molecule has 2 aliphatic rings. The second-order valence-corrected chi connectivity index (χ2v) is 8.18. The third kappa shape index (κ3) is 2.35. The summed E-state index contributed by atoms with van der Waals surface area (Å²) in [7, 11) is 0. The van der Waals surface area contributed by atoms with Gasteiger partial charge >= 0.3 is 0 Å². The highest BCUT2D eigenvalue weighted by molar-refractivity contribution is 8.02. The van der Waals surface area contributed by atoms with E-state index in [1.165, 1.54) is 12.8 Å². The molecule has 2 fully saturated rings. The Morgan fingerprint density at radius 1 is 1.20 bits per heavy atom. The van der Waals surface area contributed by atoms with Gasteiger partial charge in [0.2, 0.25) is 5.91 Å². The van der Waals surface area contributed by atoms with E-state index in [4.69, 9.17) is 11.6 Å². The first-order chi connectivity index (χ1) is 9.52. The number of hydrogen-bond acceptors (Lipinski definition) is 2. The fourth-order valence-electron chi connectivity index (χ4n) is 3.32. The van der Waals surface area contributed by atoms with Crippen LogP contribution >= 0.6 is 23.4 Å². The van der Waals surface area contributed by atoms with Gasteiger partial charge in [0.05, 0.1) is 10.1 Å². The van der Waals surface area contributed by atoms with Crippen molar-refractivity contribution in [1.82, 2.24) is 0 Å². The van der Waals surface area contributed by atoms with Crippen molar-refractivity contribution in [3.63, 3.8) is 0 Å². The van der Waals surface area contributed by atoms with Crippen LogP contribution in [0.2, 0.25) is 5.02 Å². The van der Waals surface area contributed by atoms with E-state index in [9.17, 15) is 4.79 Å². The Morgan fingerprint density at radius 3 is 2.40 bits per heavy atom. The number of carbonyl (C=O) groups excluding carboxylic acids is 1. The molecule has 0 radical (unpaired) electrons. The highest BCUT2D eigenvalue weighted by atomic mass is 35.5. The Balaban J connectivity index is 1.96. The average Bonchev–Trinajstić information content (AvgIpc) is 2.67. The predicted molar refractivity (Wildman–Crippen MR) is 86.4 cm³/mol. The fraction of sp³-hybridized carbons (Fsp3) is 0.562. The molecule has 4 heteroatoms. The van der Waals surface area contributed by atoms with E-state index >= 15 is 0 Å². The van der Waals surface area contributed by atoms with Crippen LogP contribution in [0.5, 0.6) is 0 Å². The Morgan fingerprint density at radius 2 is 1.80 bits per heavy atom. The Kier molecular flexibility index (Phi) is 3.76. The largest absolute Gasteiger partial charge is 0.296 e. The summed E-state index contributed by atoms with van der Waals surface area (Å²) in [6, 6.07) is 7.69. The zero-order chi connectivity index (χ0) is 14.3. The quantitative estimate of drug-likeness (QED) is 0.748. The van der Waals surface area contributed by atoms with Gasteiger partial charge in [-0.05, 0) is 62.8 Å². The van der Waals surface area contributed by atoms with E-state index in [0.29, 0.717) is 5.02 Å². The number of carbonyl (C=O) groups is 1. The summed E-state index contributed by atoms with van der Waals surface area (Å²) in [6.45, 7) is 4.34. The molecule has 2 nitrogen and oxygen atoms in total. The molecule has 1 amide bonds. The molecule has 1 spiro atoms. The van der Waals surface area contributed by atoms with Crippen molar-refractivity contribution in [1.29, 1.82) is 0 Å². The van der Waals surface area contributed by atoms with Crippen LogP contribution in [0.1, 0.15) is 39.5 Å². The number of hydrogen-bond donors (Lipinski definition) is 0. The van der Waals surface area contributed by atoms with Gasteiger partial charge in [0.15, 0.2) is 0 Å². The molecule has 1 aromatic rings. The molecule has 1 saturated carbocycles. The minimum absolute atomic E-state index is 0.0309. The third-order valence-corrected chi connectivity index (χ3v) is 6.35. The zero-order valence-corrected chi connectivity index (χ0v) is 13.5. The minimum Gasteiger partial charge on any atom is -0.296 e. The Labute approximate surface area is 129 Å². The van der Waals surface area contributed by atoms with Gasteiger partial charge in [-0.3, -0.25) is 9.69 Å². The highest BCUT2D eigenvalue weighted by Crippen LogP contribution is 2.52. The van der Waals surface area contributed by atoms with E-state index in [0.717, 1.165) is 24.4 Å². The average molecular weight is 310 g/mol. The molecule has 1 unspecified atom stereocenters.